The Hall–Kier alpha value is -3.44. The molecule has 5 rings (SSSR count). The molecule has 1 aromatic heterocycles. The van der Waals surface area contributed by atoms with Crippen LogP contribution in [-0.2, 0) is 16.8 Å². The fourth-order valence-electron chi connectivity index (χ4n) is 6.30. The van der Waals surface area contributed by atoms with Crippen LogP contribution in [0.2, 0.25) is 0 Å². The zero-order valence-corrected chi connectivity index (χ0v) is 24.3. The van der Waals surface area contributed by atoms with E-state index in [1.54, 1.807) is 27.8 Å². The van der Waals surface area contributed by atoms with Crippen molar-refractivity contribution in [3.63, 3.8) is 0 Å². The first kappa shape index (κ1) is 30.0. The monoisotopic (exact) mass is 586 g/mol. The second-order valence-corrected chi connectivity index (χ2v) is 11.6. The van der Waals surface area contributed by atoms with Crippen LogP contribution in [0.3, 0.4) is 0 Å². The molecule has 0 saturated heterocycles. The fourth-order valence-corrected chi connectivity index (χ4v) is 6.30. The van der Waals surface area contributed by atoms with Gasteiger partial charge in [-0.05, 0) is 52.5 Å². The zero-order chi connectivity index (χ0) is 30.3. The van der Waals surface area contributed by atoms with Crippen molar-refractivity contribution in [2.45, 2.75) is 77.0 Å². The molecule has 3 aromatic rings. The minimum atomic E-state index is -2.94. The number of carbonyl (C=O) groups excluding carboxylic acids is 1. The third kappa shape index (κ3) is 5.64. The lowest BCUT2D eigenvalue weighted by Gasteiger charge is -2.38. The molecule has 2 aliphatic rings. The predicted molar refractivity (Wildman–Crippen MR) is 152 cm³/mol. The second-order valence-electron chi connectivity index (χ2n) is 11.6. The van der Waals surface area contributed by atoms with Gasteiger partial charge in [0.15, 0.2) is 0 Å². The maximum atomic E-state index is 15.0. The Balaban J connectivity index is 1.49. The van der Waals surface area contributed by atoms with Gasteiger partial charge in [-0.3, -0.25) is 4.79 Å². The lowest BCUT2D eigenvalue weighted by molar-refractivity contribution is -0.138. The number of carbonyl (C=O) groups is 1. The Morgan fingerprint density at radius 2 is 1.90 bits per heavy atom. The summed E-state index contributed by atoms with van der Waals surface area (Å²) in [4.78, 5) is 23.7. The lowest BCUT2D eigenvalue weighted by Crippen LogP contribution is -2.41. The number of nitrogens with zero attached hydrogens (tertiary/aromatic N) is 3. The normalized spacial score (nSPS) is 21.6. The smallest absolute Gasteiger partial charge is 0.266 e. The van der Waals surface area contributed by atoms with Crippen molar-refractivity contribution in [1.29, 1.82) is 0 Å². The SMILES string of the molecule is Cc1nc(N[C@H](C)c2cccc(C(F)F)c2F)c2cc(C3(O)CCC(C(=O)N(C)C[C@H](C)O)CC3)c3c(c2n1)CCO3. The maximum Gasteiger partial charge on any atom is 0.266 e. The first-order chi connectivity index (χ1) is 19.9. The van der Waals surface area contributed by atoms with Gasteiger partial charge in [0.05, 0.1) is 35.4 Å². The predicted octanol–water partition coefficient (Wildman–Crippen LogP) is 5.34. The average Bonchev–Trinajstić information content (AvgIpc) is 3.42. The van der Waals surface area contributed by atoms with Gasteiger partial charge in [0.25, 0.3) is 6.43 Å². The standard InChI is InChI=1S/C31H37F3N4O4/c1-16(39)15-38(4)30(40)19-8-11-31(41,12-9-19)24-14-23-26(22-10-13-42-27(22)24)36-18(3)37-29(23)35-17(2)20-6-5-7-21(25(20)32)28(33)34/h5-7,14,16-17,19,28,39,41H,8-13,15H2,1-4H3,(H,35,36,37)/t16-,17+,19?,31?/m0/s1. The number of amides is 1. The van der Waals surface area contributed by atoms with Gasteiger partial charge in [0, 0.05) is 48.0 Å². The van der Waals surface area contributed by atoms with E-state index in [0.29, 0.717) is 72.6 Å². The summed E-state index contributed by atoms with van der Waals surface area (Å²) in [6.45, 7) is 5.72. The molecule has 1 saturated carbocycles. The van der Waals surface area contributed by atoms with Crippen LogP contribution in [0.4, 0.5) is 19.0 Å². The highest BCUT2D eigenvalue weighted by molar-refractivity contribution is 5.94. The Morgan fingerprint density at radius 1 is 1.21 bits per heavy atom. The average molecular weight is 587 g/mol. The molecule has 1 fully saturated rings. The first-order valence-electron chi connectivity index (χ1n) is 14.4. The Bertz CT molecular complexity index is 1490. The van der Waals surface area contributed by atoms with E-state index < -0.39 is 35.6 Å². The molecule has 3 N–H and O–H groups in total. The van der Waals surface area contributed by atoms with Gasteiger partial charge < -0.3 is 25.2 Å². The lowest BCUT2D eigenvalue weighted by atomic mass is 9.74. The van der Waals surface area contributed by atoms with Crippen LogP contribution in [0.25, 0.3) is 10.9 Å². The molecule has 1 aliphatic carbocycles. The largest absolute Gasteiger partial charge is 0.492 e. The molecule has 1 amide bonds. The summed E-state index contributed by atoms with van der Waals surface area (Å²) in [6.07, 6.45) is -1.36. The van der Waals surface area contributed by atoms with Gasteiger partial charge >= 0.3 is 0 Å². The highest BCUT2D eigenvalue weighted by atomic mass is 19.3. The number of rotatable bonds is 8. The molecule has 0 bridgehead atoms. The Kier molecular flexibility index (Phi) is 8.35. The van der Waals surface area contributed by atoms with Crippen LogP contribution in [0.15, 0.2) is 24.3 Å². The molecular weight excluding hydrogens is 549 g/mol. The molecule has 226 valence electrons. The van der Waals surface area contributed by atoms with E-state index in [1.807, 2.05) is 6.07 Å². The number of halogens is 3. The third-order valence-electron chi connectivity index (χ3n) is 8.44. The highest BCUT2D eigenvalue weighted by Crippen LogP contribution is 2.48. The number of aliphatic hydroxyl groups is 2. The molecule has 8 nitrogen and oxygen atoms in total. The number of likely N-dealkylation sites (N-methyl/N-ethyl adjacent to an activating group) is 1. The number of hydrogen-bond donors (Lipinski definition) is 3. The molecule has 0 unspecified atom stereocenters. The number of benzene rings is 2. The van der Waals surface area contributed by atoms with Crippen LogP contribution in [0, 0.1) is 18.7 Å². The summed E-state index contributed by atoms with van der Waals surface area (Å²) >= 11 is 0. The number of ether oxygens (including phenoxy) is 1. The van der Waals surface area contributed by atoms with Crippen LogP contribution < -0.4 is 10.1 Å². The van der Waals surface area contributed by atoms with Gasteiger partial charge in [-0.25, -0.2) is 23.1 Å². The van der Waals surface area contributed by atoms with E-state index in [0.717, 1.165) is 11.6 Å². The van der Waals surface area contributed by atoms with Gasteiger partial charge in [-0.2, -0.15) is 0 Å². The summed E-state index contributed by atoms with van der Waals surface area (Å²) in [5, 5.41) is 25.4. The molecule has 2 atom stereocenters. The highest BCUT2D eigenvalue weighted by Gasteiger charge is 2.41. The molecule has 2 heterocycles. The van der Waals surface area contributed by atoms with E-state index >= 15 is 0 Å². The zero-order valence-electron chi connectivity index (χ0n) is 24.3. The van der Waals surface area contributed by atoms with Crippen molar-refractivity contribution in [3.8, 4) is 5.75 Å². The molecule has 2 aromatic carbocycles. The first-order valence-corrected chi connectivity index (χ1v) is 14.4. The quantitative estimate of drug-likeness (QED) is 0.327. The van der Waals surface area contributed by atoms with Gasteiger partial charge in [0.2, 0.25) is 5.91 Å². The molecule has 11 heteroatoms. The number of hydrogen-bond acceptors (Lipinski definition) is 7. The summed E-state index contributed by atoms with van der Waals surface area (Å²) in [5.74, 6) is 0.192. The minimum Gasteiger partial charge on any atom is -0.492 e. The molecule has 1 aliphatic heterocycles. The molecule has 0 spiro atoms. The molecule has 42 heavy (non-hydrogen) atoms. The molecular formula is C31H37F3N4O4. The number of alkyl halides is 2. The van der Waals surface area contributed by atoms with Crippen molar-refractivity contribution in [3.05, 3.63) is 58.2 Å². The number of nitrogens with one attached hydrogen (secondary N) is 1. The fraction of sp³-hybridized carbons (Fsp3) is 0.516. The van der Waals surface area contributed by atoms with Gasteiger partial charge in [0.1, 0.15) is 23.2 Å². The number of aliphatic hydroxyl groups excluding tert-OH is 1. The van der Waals surface area contributed by atoms with Crippen molar-refractivity contribution in [1.82, 2.24) is 14.9 Å². The van der Waals surface area contributed by atoms with Gasteiger partial charge in [-0.15, -0.1) is 0 Å². The topological polar surface area (TPSA) is 108 Å². The van der Waals surface area contributed by atoms with Gasteiger partial charge in [-0.1, -0.05) is 18.2 Å². The summed E-state index contributed by atoms with van der Waals surface area (Å²) in [5.41, 5.74) is 0.271. The van der Waals surface area contributed by atoms with E-state index in [1.165, 1.54) is 17.0 Å². The van der Waals surface area contributed by atoms with E-state index in [2.05, 4.69) is 15.3 Å². The number of anilines is 1. The van der Waals surface area contributed by atoms with Crippen LogP contribution >= 0.6 is 0 Å². The Labute approximate surface area is 242 Å². The third-order valence-corrected chi connectivity index (χ3v) is 8.44. The van der Waals surface area contributed by atoms with Crippen LogP contribution in [-0.4, -0.2) is 57.3 Å². The number of fused-ring (bicyclic) bond motifs is 3. The van der Waals surface area contributed by atoms with Crippen LogP contribution in [0.5, 0.6) is 5.75 Å². The summed E-state index contributed by atoms with van der Waals surface area (Å²) in [7, 11) is 1.67. The van der Waals surface area contributed by atoms with Crippen molar-refractivity contribution in [2.75, 3.05) is 25.5 Å². The molecule has 0 radical (unpaired) electrons. The maximum absolute atomic E-state index is 15.0. The van der Waals surface area contributed by atoms with E-state index in [9.17, 15) is 28.2 Å². The number of aryl methyl sites for hydroxylation is 1. The van der Waals surface area contributed by atoms with E-state index in [4.69, 9.17) is 4.74 Å². The van der Waals surface area contributed by atoms with E-state index in [-0.39, 0.29) is 23.9 Å². The van der Waals surface area contributed by atoms with Crippen molar-refractivity contribution < 1.29 is 32.9 Å². The summed E-state index contributed by atoms with van der Waals surface area (Å²) < 4.78 is 47.7. The second kappa shape index (κ2) is 11.7. The van der Waals surface area contributed by atoms with Crippen molar-refractivity contribution >= 4 is 22.6 Å². The van der Waals surface area contributed by atoms with Crippen molar-refractivity contribution in [2.24, 2.45) is 5.92 Å². The summed E-state index contributed by atoms with van der Waals surface area (Å²) in [6, 6.07) is 5.05. The Morgan fingerprint density at radius 3 is 2.57 bits per heavy atom. The number of aromatic nitrogens is 2. The minimum absolute atomic E-state index is 0.0505. The van der Waals surface area contributed by atoms with Crippen LogP contribution in [0.1, 0.15) is 80.1 Å².